The molecule has 0 aromatic heterocycles. The molecule has 0 bridgehead atoms. The molecule has 3 nitrogen and oxygen atoms in total. The van der Waals surface area contributed by atoms with Crippen molar-refractivity contribution >= 4 is 26.7 Å². The van der Waals surface area contributed by atoms with E-state index in [0.717, 1.165) is 0 Å². The molecule has 0 aliphatic carbocycles. The van der Waals surface area contributed by atoms with Gasteiger partial charge in [0, 0.05) is 0 Å². The largest absolute Gasteiger partial charge is 3.00 e. The van der Waals surface area contributed by atoms with Crippen LogP contribution in [0.4, 0.5) is 4.11 Å². The molecule has 6 heavy (non-hydrogen) atoms. The Balaban J connectivity index is 0. The van der Waals surface area contributed by atoms with Crippen molar-refractivity contribution in [2.75, 3.05) is 0 Å². The second kappa shape index (κ2) is 2.69. The zero-order chi connectivity index (χ0) is 4.50. The van der Waals surface area contributed by atoms with Gasteiger partial charge in [0.15, 0.2) is 0 Å². The Morgan fingerprint density at radius 3 is 1.17 bits per heavy atom. The van der Waals surface area contributed by atoms with Crippen LogP contribution in [0.25, 0.3) is 0 Å². The smallest absolute Gasteiger partial charge is 0.857 e. The van der Waals surface area contributed by atoms with Crippen LogP contribution in [-0.4, -0.2) is 26.7 Å². The second-order valence-corrected chi connectivity index (χ2v) is 1.44. The molecular formula is FGeO3Si. The summed E-state index contributed by atoms with van der Waals surface area (Å²) in [5, 5.41) is 0. The van der Waals surface area contributed by atoms with Gasteiger partial charge in [-0.05, 0) is 0 Å². The van der Waals surface area contributed by atoms with Crippen LogP contribution in [0, 0.1) is 0 Å². The summed E-state index contributed by atoms with van der Waals surface area (Å²) in [5.74, 6) is 0. The molecule has 0 amide bonds. The fourth-order valence-electron chi connectivity index (χ4n) is 0. The molecule has 0 unspecified atom stereocenters. The first-order chi connectivity index (χ1) is 2.00. The Hall–Kier alpha value is 0.570. The van der Waals surface area contributed by atoms with Gasteiger partial charge in [0.1, 0.15) is 0 Å². The molecule has 0 spiro atoms. The Morgan fingerprint density at radius 2 is 1.17 bits per heavy atom. The molecule has 6 heteroatoms. The Kier molecular flexibility index (Phi) is 4.38. The summed E-state index contributed by atoms with van der Waals surface area (Å²) in [6, 6.07) is 0. The van der Waals surface area contributed by atoms with Gasteiger partial charge in [-0.15, -0.1) is 0 Å². The molecule has 0 aromatic rings. The van der Waals surface area contributed by atoms with Gasteiger partial charge in [0.05, 0.1) is 0 Å². The summed E-state index contributed by atoms with van der Waals surface area (Å²) in [5.41, 5.74) is 0. The minimum atomic E-state index is -5.86. The van der Waals surface area contributed by atoms with Crippen molar-refractivity contribution in [1.29, 1.82) is 0 Å². The van der Waals surface area contributed by atoms with Gasteiger partial charge in [-0.1, -0.05) is 9.14 Å². The molecule has 0 fully saturated rings. The summed E-state index contributed by atoms with van der Waals surface area (Å²) in [7, 11) is -5.86. The van der Waals surface area contributed by atoms with E-state index in [2.05, 4.69) is 0 Å². The van der Waals surface area contributed by atoms with Gasteiger partial charge in [-0.3, -0.25) is 0 Å². The number of rotatable bonds is 0. The maximum Gasteiger partial charge on any atom is 3.00 e. The molecule has 0 aliphatic rings. The molecule has 0 aliphatic heterocycles. The molecule has 0 heterocycles. The molecule has 1 radical (unpaired) electrons. The van der Waals surface area contributed by atoms with Crippen LogP contribution in [0.1, 0.15) is 0 Å². The van der Waals surface area contributed by atoms with Crippen LogP contribution in [0.2, 0.25) is 0 Å². The van der Waals surface area contributed by atoms with Crippen molar-refractivity contribution in [1.82, 2.24) is 0 Å². The normalized spacial score (nSPS) is 10.0. The summed E-state index contributed by atoms with van der Waals surface area (Å²) in [6.45, 7) is 0. The molecule has 0 aromatic carbocycles. The number of halogens is 1. The molecule has 0 atom stereocenters. The molecule has 0 saturated carbocycles. The van der Waals surface area contributed by atoms with Crippen molar-refractivity contribution in [3.8, 4) is 0 Å². The fraction of sp³-hybridized carbons (Fsp3) is 0. The van der Waals surface area contributed by atoms with Crippen molar-refractivity contribution in [3.63, 3.8) is 0 Å². The maximum absolute atomic E-state index is 10.2. The summed E-state index contributed by atoms with van der Waals surface area (Å²) >= 11 is 0. The quantitative estimate of drug-likeness (QED) is 0.274. The molecule has 0 saturated heterocycles. The monoisotopic (exact) mass is 169 g/mol. The van der Waals surface area contributed by atoms with E-state index in [4.69, 9.17) is 14.4 Å². The zero-order valence-electron chi connectivity index (χ0n) is 2.60. The molecule has 0 N–H and O–H groups in total. The van der Waals surface area contributed by atoms with Crippen molar-refractivity contribution in [2.24, 2.45) is 0 Å². The fourth-order valence-corrected chi connectivity index (χ4v) is 0. The van der Waals surface area contributed by atoms with Crippen LogP contribution in [0.3, 0.4) is 0 Å². The van der Waals surface area contributed by atoms with E-state index in [1.807, 2.05) is 0 Å². The van der Waals surface area contributed by atoms with Crippen LogP contribution in [0.5, 0.6) is 0 Å². The SMILES string of the molecule is [Ge+3].[O-][Si]([O-])([O-])F. The average molecular weight is 168 g/mol. The number of hydrogen-bond acceptors (Lipinski definition) is 3. The van der Waals surface area contributed by atoms with Gasteiger partial charge in [0.25, 0.3) is 0 Å². The Morgan fingerprint density at radius 1 is 1.17 bits per heavy atom. The van der Waals surface area contributed by atoms with E-state index >= 15 is 0 Å². The van der Waals surface area contributed by atoms with Gasteiger partial charge >= 0.3 is 17.6 Å². The van der Waals surface area contributed by atoms with Gasteiger partial charge < -0.3 is 18.5 Å². The van der Waals surface area contributed by atoms with E-state index in [1.54, 1.807) is 0 Å². The van der Waals surface area contributed by atoms with Crippen LogP contribution in [0.15, 0.2) is 0 Å². The Bertz CT molecular complexity index is 26.3. The third-order valence-electron chi connectivity index (χ3n) is 0. The van der Waals surface area contributed by atoms with Gasteiger partial charge in [-0.2, -0.15) is 0 Å². The van der Waals surface area contributed by atoms with Crippen molar-refractivity contribution in [2.45, 2.75) is 0 Å². The minimum absolute atomic E-state index is 0. The number of hydrogen-bond donors (Lipinski definition) is 0. The predicted molar refractivity (Wildman–Crippen MR) is 12.6 cm³/mol. The van der Waals surface area contributed by atoms with Gasteiger partial charge in [-0.25, -0.2) is 0 Å². The predicted octanol–water partition coefficient (Wildman–Crippen LogP) is -3.91. The molecular weight excluding hydrogens is 168 g/mol. The first-order valence-electron chi connectivity index (χ1n) is 0.801. The molecule has 0 rings (SSSR count). The summed E-state index contributed by atoms with van der Waals surface area (Å²) in [4.78, 5) is 25.4. The third-order valence-corrected chi connectivity index (χ3v) is 0. The van der Waals surface area contributed by atoms with E-state index in [0.29, 0.717) is 0 Å². The van der Waals surface area contributed by atoms with Crippen molar-refractivity contribution in [3.05, 3.63) is 0 Å². The first kappa shape index (κ1) is 9.76. The first-order valence-corrected chi connectivity index (χ1v) is 2.40. The van der Waals surface area contributed by atoms with E-state index < -0.39 is 9.14 Å². The zero-order valence-corrected chi connectivity index (χ0v) is 5.70. The van der Waals surface area contributed by atoms with E-state index in [9.17, 15) is 4.11 Å². The molecule has 33 valence electrons. The third kappa shape index (κ3) is 179. The topological polar surface area (TPSA) is 69.2 Å². The van der Waals surface area contributed by atoms with E-state index in [1.165, 1.54) is 0 Å². The Labute approximate surface area is 45.9 Å². The second-order valence-electron chi connectivity index (χ2n) is 0.481. The maximum atomic E-state index is 10.2. The van der Waals surface area contributed by atoms with Crippen LogP contribution in [-0.2, 0) is 0 Å². The minimum Gasteiger partial charge on any atom is -0.857 e. The van der Waals surface area contributed by atoms with E-state index in [-0.39, 0.29) is 17.6 Å². The summed E-state index contributed by atoms with van der Waals surface area (Å²) < 4.78 is 10.2. The van der Waals surface area contributed by atoms with Gasteiger partial charge in [0.2, 0.25) is 0 Å². The van der Waals surface area contributed by atoms with Crippen molar-refractivity contribution < 1.29 is 18.5 Å². The van der Waals surface area contributed by atoms with Crippen LogP contribution < -0.4 is 14.4 Å². The standard InChI is InChI=1S/FO3Si.Ge/c1-5(2,3)4;/q-3;+3. The average Bonchev–Trinajstić information content (AvgIpc) is 0.722. The summed E-state index contributed by atoms with van der Waals surface area (Å²) in [6.07, 6.45) is 0. The van der Waals surface area contributed by atoms with Crippen LogP contribution >= 0.6 is 0 Å².